The van der Waals surface area contributed by atoms with E-state index in [2.05, 4.69) is 69.1 Å². The highest BCUT2D eigenvalue weighted by Crippen LogP contribution is 2.54. The molecule has 0 radical (unpaired) electrons. The SMILES string of the molecule is C=Cc1ccc(C=C2Oc3ccc(O)c(OC)c3-c3ccc4c(c32)C(C)=CC(C)(C)N4)cc1. The average Bonchev–Trinajstić information content (AvgIpc) is 2.78. The molecule has 2 aliphatic heterocycles. The summed E-state index contributed by atoms with van der Waals surface area (Å²) in [5.74, 6) is 1.90. The Hall–Kier alpha value is -3.92. The number of benzene rings is 3. The third-order valence-corrected chi connectivity index (χ3v) is 6.14. The van der Waals surface area contributed by atoms with Gasteiger partial charge in [-0.3, -0.25) is 0 Å². The highest BCUT2D eigenvalue weighted by Gasteiger charge is 2.33. The van der Waals surface area contributed by atoms with Gasteiger partial charge in [0.1, 0.15) is 11.5 Å². The molecule has 2 N–H and O–H groups in total. The van der Waals surface area contributed by atoms with Crippen molar-refractivity contribution in [2.75, 3.05) is 12.4 Å². The van der Waals surface area contributed by atoms with Crippen molar-refractivity contribution in [3.63, 3.8) is 0 Å². The molecule has 33 heavy (non-hydrogen) atoms. The van der Waals surface area contributed by atoms with Crippen LogP contribution < -0.4 is 14.8 Å². The van der Waals surface area contributed by atoms with Gasteiger partial charge in [0.25, 0.3) is 0 Å². The zero-order valence-electron chi connectivity index (χ0n) is 19.3. The number of phenolic OH excluding ortho intramolecular Hbond substituents is 1. The minimum absolute atomic E-state index is 0.0856. The Kier molecular flexibility index (Phi) is 4.82. The van der Waals surface area contributed by atoms with E-state index in [1.807, 2.05) is 18.2 Å². The van der Waals surface area contributed by atoms with Gasteiger partial charge in [-0.15, -0.1) is 0 Å². The number of fused-ring (bicyclic) bond motifs is 5. The van der Waals surface area contributed by atoms with Gasteiger partial charge in [-0.2, -0.15) is 0 Å². The number of rotatable bonds is 3. The fraction of sp³-hybridized carbons (Fsp3) is 0.172. The van der Waals surface area contributed by atoms with Crippen molar-refractivity contribution in [3.05, 3.63) is 83.4 Å². The van der Waals surface area contributed by atoms with Gasteiger partial charge in [-0.1, -0.05) is 49.1 Å². The monoisotopic (exact) mass is 437 g/mol. The van der Waals surface area contributed by atoms with Crippen LogP contribution in [0.2, 0.25) is 0 Å². The molecule has 0 fully saturated rings. The van der Waals surface area contributed by atoms with Gasteiger partial charge in [0, 0.05) is 22.4 Å². The van der Waals surface area contributed by atoms with E-state index in [1.165, 1.54) is 5.57 Å². The molecular formula is C29H27NO3. The first-order valence-electron chi connectivity index (χ1n) is 11.0. The van der Waals surface area contributed by atoms with Gasteiger partial charge in [0.15, 0.2) is 11.5 Å². The summed E-state index contributed by atoms with van der Waals surface area (Å²) in [6.45, 7) is 10.3. The minimum atomic E-state index is -0.154. The third-order valence-electron chi connectivity index (χ3n) is 6.14. The van der Waals surface area contributed by atoms with E-state index in [-0.39, 0.29) is 11.3 Å². The van der Waals surface area contributed by atoms with E-state index in [1.54, 1.807) is 19.2 Å². The second-order valence-electron chi connectivity index (χ2n) is 9.06. The number of ether oxygens (including phenoxy) is 2. The number of nitrogens with one attached hydrogen (secondary N) is 1. The average molecular weight is 438 g/mol. The van der Waals surface area contributed by atoms with Gasteiger partial charge in [0.2, 0.25) is 0 Å². The lowest BCUT2D eigenvalue weighted by atomic mass is 9.83. The fourth-order valence-corrected chi connectivity index (χ4v) is 4.83. The van der Waals surface area contributed by atoms with Gasteiger partial charge >= 0.3 is 0 Å². The lowest BCUT2D eigenvalue weighted by molar-refractivity contribution is 0.371. The van der Waals surface area contributed by atoms with E-state index >= 15 is 0 Å². The minimum Gasteiger partial charge on any atom is -0.504 e. The predicted molar refractivity (Wildman–Crippen MR) is 136 cm³/mol. The molecule has 4 heteroatoms. The quantitative estimate of drug-likeness (QED) is 0.455. The highest BCUT2D eigenvalue weighted by atomic mass is 16.5. The molecule has 0 amide bonds. The summed E-state index contributed by atoms with van der Waals surface area (Å²) >= 11 is 0. The fourth-order valence-electron chi connectivity index (χ4n) is 4.83. The maximum Gasteiger partial charge on any atom is 0.172 e. The summed E-state index contributed by atoms with van der Waals surface area (Å²) in [6, 6.07) is 15.7. The Balaban J connectivity index is 1.80. The third kappa shape index (κ3) is 3.48. The van der Waals surface area contributed by atoms with Crippen molar-refractivity contribution >= 4 is 29.2 Å². The predicted octanol–water partition coefficient (Wildman–Crippen LogP) is 7.21. The van der Waals surface area contributed by atoms with Crippen molar-refractivity contribution < 1.29 is 14.6 Å². The largest absolute Gasteiger partial charge is 0.504 e. The molecule has 3 aromatic carbocycles. The highest BCUT2D eigenvalue weighted by molar-refractivity contribution is 6.02. The number of allylic oxidation sites excluding steroid dienone is 1. The van der Waals surface area contributed by atoms with E-state index < -0.39 is 0 Å². The molecule has 2 aliphatic rings. The molecule has 5 rings (SSSR count). The van der Waals surface area contributed by atoms with Gasteiger partial charge in [-0.25, -0.2) is 0 Å². The van der Waals surface area contributed by atoms with Crippen molar-refractivity contribution in [1.29, 1.82) is 0 Å². The molecule has 0 aliphatic carbocycles. The van der Waals surface area contributed by atoms with Gasteiger partial charge in [-0.05, 0) is 61.7 Å². The van der Waals surface area contributed by atoms with E-state index in [9.17, 15) is 5.11 Å². The lowest BCUT2D eigenvalue weighted by Gasteiger charge is -2.35. The number of hydrogen-bond acceptors (Lipinski definition) is 4. The summed E-state index contributed by atoms with van der Waals surface area (Å²) < 4.78 is 12.1. The molecule has 0 spiro atoms. The molecule has 3 aromatic rings. The van der Waals surface area contributed by atoms with Crippen LogP contribution >= 0.6 is 0 Å². The zero-order valence-corrected chi connectivity index (χ0v) is 19.3. The summed E-state index contributed by atoms with van der Waals surface area (Å²) in [4.78, 5) is 0. The molecule has 2 heterocycles. The number of methoxy groups -OCH3 is 1. The van der Waals surface area contributed by atoms with Crippen LogP contribution in [-0.4, -0.2) is 17.8 Å². The first-order valence-corrected chi connectivity index (χ1v) is 11.0. The summed E-state index contributed by atoms with van der Waals surface area (Å²) in [5, 5.41) is 14.1. The summed E-state index contributed by atoms with van der Waals surface area (Å²) in [6.07, 6.45) is 6.12. The van der Waals surface area contributed by atoms with Gasteiger partial charge < -0.3 is 19.9 Å². The molecular weight excluding hydrogens is 410 g/mol. The maximum absolute atomic E-state index is 10.5. The number of phenols is 1. The molecule has 0 atom stereocenters. The van der Waals surface area contributed by atoms with Crippen molar-refractivity contribution in [1.82, 2.24) is 0 Å². The van der Waals surface area contributed by atoms with Crippen LogP contribution in [0.25, 0.3) is 34.6 Å². The van der Waals surface area contributed by atoms with Crippen LogP contribution in [-0.2, 0) is 0 Å². The summed E-state index contributed by atoms with van der Waals surface area (Å²) in [5.41, 5.74) is 7.96. The molecule has 4 nitrogen and oxygen atoms in total. The summed E-state index contributed by atoms with van der Waals surface area (Å²) in [7, 11) is 1.56. The zero-order chi connectivity index (χ0) is 23.3. The van der Waals surface area contributed by atoms with Crippen molar-refractivity contribution in [3.8, 4) is 28.4 Å². The Morgan fingerprint density at radius 3 is 2.39 bits per heavy atom. The molecule has 0 unspecified atom stereocenters. The second kappa shape index (κ2) is 7.59. The van der Waals surface area contributed by atoms with Crippen molar-refractivity contribution in [2.45, 2.75) is 26.3 Å². The maximum atomic E-state index is 10.5. The molecule has 0 aromatic heterocycles. The Labute approximate surface area is 194 Å². The van der Waals surface area contributed by atoms with Crippen LogP contribution in [0.5, 0.6) is 17.2 Å². The Morgan fingerprint density at radius 2 is 1.70 bits per heavy atom. The molecule has 0 bridgehead atoms. The number of aromatic hydroxyl groups is 1. The van der Waals surface area contributed by atoms with E-state index in [0.29, 0.717) is 11.5 Å². The van der Waals surface area contributed by atoms with Gasteiger partial charge in [0.05, 0.1) is 18.2 Å². The number of anilines is 1. The second-order valence-corrected chi connectivity index (χ2v) is 9.06. The molecule has 166 valence electrons. The number of hydrogen-bond donors (Lipinski definition) is 2. The first kappa shape index (κ1) is 21.0. The van der Waals surface area contributed by atoms with Crippen LogP contribution in [0.3, 0.4) is 0 Å². The Bertz CT molecular complexity index is 1340. The lowest BCUT2D eigenvalue weighted by Crippen LogP contribution is -2.32. The van der Waals surface area contributed by atoms with Crippen LogP contribution in [0.15, 0.2) is 61.2 Å². The molecule has 0 saturated heterocycles. The van der Waals surface area contributed by atoms with Crippen LogP contribution in [0.1, 0.15) is 43.0 Å². The molecule has 0 saturated carbocycles. The van der Waals surface area contributed by atoms with Crippen LogP contribution in [0, 0.1) is 0 Å². The standard InChI is InChI=1S/C29H27NO3/c1-6-18-7-9-19(10-8-18)15-24-26-20(27-23(33-24)14-13-22(31)28(27)32-5)11-12-21-25(26)17(2)16-29(3,4)30-21/h6-16,30-31H,1H2,2-5H3. The normalized spacial score (nSPS) is 16.5. The Morgan fingerprint density at radius 1 is 0.970 bits per heavy atom. The van der Waals surface area contributed by atoms with Crippen molar-refractivity contribution in [2.24, 2.45) is 0 Å². The first-order chi connectivity index (χ1) is 15.8. The van der Waals surface area contributed by atoms with E-state index in [4.69, 9.17) is 9.47 Å². The topological polar surface area (TPSA) is 50.7 Å². The van der Waals surface area contributed by atoms with Crippen LogP contribution in [0.4, 0.5) is 5.69 Å². The smallest absolute Gasteiger partial charge is 0.172 e. The van der Waals surface area contributed by atoms with E-state index in [0.717, 1.165) is 44.8 Å².